The first-order valence-electron chi connectivity index (χ1n) is 5.51. The molecule has 0 radical (unpaired) electrons. The van der Waals surface area contributed by atoms with E-state index in [2.05, 4.69) is 28.4 Å². The molecule has 0 aliphatic carbocycles. The summed E-state index contributed by atoms with van der Waals surface area (Å²) < 4.78 is 1.22. The molecule has 0 saturated carbocycles. The minimum atomic E-state index is -0.195. The Morgan fingerprint density at radius 3 is 2.88 bits per heavy atom. The number of thiol groups is 1. The minimum Gasteiger partial charge on any atom is -0.336 e. The normalized spacial score (nSPS) is 10.0. The molecule has 0 aliphatic rings. The van der Waals surface area contributed by atoms with Crippen molar-refractivity contribution < 1.29 is 4.79 Å². The van der Waals surface area contributed by atoms with Crippen molar-refractivity contribution in [1.82, 2.24) is 19.9 Å². The van der Waals surface area contributed by atoms with Crippen LogP contribution in [0.25, 0.3) is 0 Å². The lowest BCUT2D eigenvalue weighted by Crippen LogP contribution is -2.36. The number of aromatic nitrogens is 1. The molecule has 0 bridgehead atoms. The van der Waals surface area contributed by atoms with Crippen LogP contribution in [0, 0.1) is 0 Å². The quantitative estimate of drug-likeness (QED) is 0.517. The van der Waals surface area contributed by atoms with E-state index in [-0.39, 0.29) is 6.03 Å². The van der Waals surface area contributed by atoms with Gasteiger partial charge in [0.15, 0.2) is 0 Å². The van der Waals surface area contributed by atoms with Gasteiger partial charge in [0.05, 0.1) is 0 Å². The maximum Gasteiger partial charge on any atom is 0.326 e. The Labute approximate surface area is 107 Å². The van der Waals surface area contributed by atoms with Gasteiger partial charge in [-0.2, -0.15) is 0 Å². The predicted molar refractivity (Wildman–Crippen MR) is 71.0 cm³/mol. The number of nitrogens with one attached hydrogen (secondary N) is 2. The van der Waals surface area contributed by atoms with Crippen molar-refractivity contribution in [2.45, 2.75) is 6.42 Å². The Morgan fingerprint density at radius 2 is 2.24 bits per heavy atom. The van der Waals surface area contributed by atoms with Gasteiger partial charge in [-0.05, 0) is 12.1 Å². The fraction of sp³-hybridized carbons (Fsp3) is 0.455. The number of urea groups is 1. The van der Waals surface area contributed by atoms with Crippen molar-refractivity contribution >= 4 is 18.8 Å². The smallest absolute Gasteiger partial charge is 0.326 e. The van der Waals surface area contributed by atoms with Crippen LogP contribution in [-0.2, 0) is 6.42 Å². The molecule has 0 aliphatic heterocycles. The highest BCUT2D eigenvalue weighted by atomic mass is 32.1. The third kappa shape index (κ3) is 6.13. The number of rotatable bonds is 6. The van der Waals surface area contributed by atoms with Gasteiger partial charge in [-0.25, -0.2) is 4.79 Å². The van der Waals surface area contributed by atoms with Crippen molar-refractivity contribution in [3.05, 3.63) is 30.1 Å². The number of amides is 2. The van der Waals surface area contributed by atoms with Gasteiger partial charge < -0.3 is 10.6 Å². The second-order valence-corrected chi connectivity index (χ2v) is 4.18. The van der Waals surface area contributed by atoms with Gasteiger partial charge in [0.25, 0.3) is 0 Å². The maximum atomic E-state index is 11.1. The van der Waals surface area contributed by atoms with Gasteiger partial charge in [-0.3, -0.25) is 9.29 Å². The summed E-state index contributed by atoms with van der Waals surface area (Å²) in [6.07, 6.45) is 2.68. The van der Waals surface area contributed by atoms with Crippen molar-refractivity contribution in [3.63, 3.8) is 0 Å². The molecule has 1 rings (SSSR count). The Kier molecular flexibility index (Phi) is 6.42. The van der Waals surface area contributed by atoms with E-state index in [0.29, 0.717) is 6.54 Å². The van der Waals surface area contributed by atoms with Gasteiger partial charge in [0.2, 0.25) is 0 Å². The summed E-state index contributed by atoms with van der Waals surface area (Å²) in [4.78, 5) is 15.3. The molecule has 1 aromatic heterocycles. The van der Waals surface area contributed by atoms with Crippen LogP contribution in [0.2, 0.25) is 0 Å². The molecular formula is C11H18N4OS. The molecule has 1 heterocycles. The van der Waals surface area contributed by atoms with E-state index >= 15 is 0 Å². The highest BCUT2D eigenvalue weighted by Gasteiger charge is 2.01. The van der Waals surface area contributed by atoms with E-state index < -0.39 is 0 Å². The van der Waals surface area contributed by atoms with Crippen molar-refractivity contribution in [2.24, 2.45) is 0 Å². The topological polar surface area (TPSA) is 57.3 Å². The zero-order chi connectivity index (χ0) is 12.5. The summed E-state index contributed by atoms with van der Waals surface area (Å²) in [5, 5.41) is 5.94. The predicted octanol–water partition coefficient (Wildman–Crippen LogP) is 0.700. The lowest BCUT2D eigenvalue weighted by atomic mass is 10.3. The summed E-state index contributed by atoms with van der Waals surface area (Å²) in [6.45, 7) is 2.18. The second kappa shape index (κ2) is 7.92. The third-order valence-corrected chi connectivity index (χ3v) is 2.34. The minimum absolute atomic E-state index is 0.195. The van der Waals surface area contributed by atoms with E-state index in [1.54, 1.807) is 13.2 Å². The Hall–Kier alpha value is -1.27. The molecule has 0 atom stereocenters. The number of carbonyl (C=O) groups is 1. The Balaban J connectivity index is 2.00. The summed E-state index contributed by atoms with van der Waals surface area (Å²) >= 11 is 3.88. The van der Waals surface area contributed by atoms with Crippen LogP contribution in [0.5, 0.6) is 0 Å². The highest BCUT2D eigenvalue weighted by Crippen LogP contribution is 1.92. The number of pyridine rings is 1. The van der Waals surface area contributed by atoms with Crippen LogP contribution >= 0.6 is 12.8 Å². The molecule has 0 unspecified atom stereocenters. The SMILES string of the molecule is CN(S)C(=O)NCCNCCc1ccccn1. The molecule has 0 saturated heterocycles. The van der Waals surface area contributed by atoms with Crippen molar-refractivity contribution in [2.75, 3.05) is 26.7 Å². The van der Waals surface area contributed by atoms with Crippen molar-refractivity contribution in [3.8, 4) is 0 Å². The summed E-state index contributed by atoms with van der Waals surface area (Å²) in [5.41, 5.74) is 1.07. The van der Waals surface area contributed by atoms with Gasteiger partial charge in [0, 0.05) is 45.0 Å². The summed E-state index contributed by atoms with van der Waals surface area (Å²) in [5.74, 6) is 0. The monoisotopic (exact) mass is 254 g/mol. The Bertz CT molecular complexity index is 332. The molecule has 6 heteroatoms. The van der Waals surface area contributed by atoms with E-state index in [4.69, 9.17) is 0 Å². The molecule has 0 aromatic carbocycles. The molecule has 1 aromatic rings. The number of hydrogen-bond acceptors (Lipinski definition) is 4. The van der Waals surface area contributed by atoms with E-state index in [0.717, 1.165) is 25.2 Å². The van der Waals surface area contributed by atoms with E-state index in [9.17, 15) is 4.79 Å². The number of carbonyl (C=O) groups excluding carboxylic acids is 1. The van der Waals surface area contributed by atoms with Crippen LogP contribution in [0.3, 0.4) is 0 Å². The molecule has 5 nitrogen and oxygen atoms in total. The second-order valence-electron chi connectivity index (χ2n) is 3.58. The van der Waals surface area contributed by atoms with Crippen LogP contribution in [0.1, 0.15) is 5.69 Å². The molecule has 0 spiro atoms. The maximum absolute atomic E-state index is 11.1. The van der Waals surface area contributed by atoms with Gasteiger partial charge in [-0.15, -0.1) is 0 Å². The van der Waals surface area contributed by atoms with E-state index in [1.165, 1.54) is 4.31 Å². The first kappa shape index (κ1) is 13.8. The molecule has 94 valence electrons. The fourth-order valence-corrected chi connectivity index (χ4v) is 1.33. The average Bonchev–Trinajstić information content (AvgIpc) is 2.34. The summed E-state index contributed by atoms with van der Waals surface area (Å²) in [7, 11) is 1.59. The average molecular weight is 254 g/mol. The Morgan fingerprint density at radius 1 is 1.41 bits per heavy atom. The number of nitrogens with zero attached hydrogens (tertiary/aromatic N) is 2. The number of hydrogen-bond donors (Lipinski definition) is 3. The highest BCUT2D eigenvalue weighted by molar-refractivity contribution is 7.78. The zero-order valence-electron chi connectivity index (χ0n) is 9.89. The third-order valence-electron chi connectivity index (χ3n) is 2.16. The first-order chi connectivity index (χ1) is 8.20. The molecule has 2 N–H and O–H groups in total. The van der Waals surface area contributed by atoms with Crippen LogP contribution < -0.4 is 10.6 Å². The molecular weight excluding hydrogens is 236 g/mol. The van der Waals surface area contributed by atoms with E-state index in [1.807, 2.05) is 18.2 Å². The van der Waals surface area contributed by atoms with Gasteiger partial charge >= 0.3 is 6.03 Å². The lowest BCUT2D eigenvalue weighted by molar-refractivity contribution is 0.231. The largest absolute Gasteiger partial charge is 0.336 e. The van der Waals surface area contributed by atoms with Crippen LogP contribution in [0.4, 0.5) is 4.79 Å². The lowest BCUT2D eigenvalue weighted by Gasteiger charge is -2.10. The molecule has 2 amide bonds. The standard InChI is InChI=1S/C11H18N4OS/c1-15(17)11(16)14-9-8-12-7-5-10-4-2-3-6-13-10/h2-4,6,12,17H,5,7-9H2,1H3,(H,14,16). The van der Waals surface area contributed by atoms with Gasteiger partial charge in [-0.1, -0.05) is 18.9 Å². The fourth-order valence-electron chi connectivity index (χ4n) is 1.26. The first-order valence-corrected chi connectivity index (χ1v) is 5.91. The molecule has 0 fully saturated rings. The van der Waals surface area contributed by atoms with Crippen LogP contribution in [0.15, 0.2) is 24.4 Å². The zero-order valence-corrected chi connectivity index (χ0v) is 10.8. The van der Waals surface area contributed by atoms with Gasteiger partial charge in [0.1, 0.15) is 0 Å². The van der Waals surface area contributed by atoms with Crippen LogP contribution in [-0.4, -0.2) is 42.0 Å². The molecule has 17 heavy (non-hydrogen) atoms. The van der Waals surface area contributed by atoms with Crippen molar-refractivity contribution in [1.29, 1.82) is 0 Å². The summed E-state index contributed by atoms with van der Waals surface area (Å²) in [6, 6.07) is 5.69.